The minimum absolute atomic E-state index is 1.06. The number of allylic oxidation sites excluding steroid dienone is 2. The summed E-state index contributed by atoms with van der Waals surface area (Å²) in [6.45, 7) is 0. The fourth-order valence-electron chi connectivity index (χ4n) is 3.89. The van der Waals surface area contributed by atoms with Gasteiger partial charge in [0.1, 0.15) is 0 Å². The molecule has 1 unspecified atom stereocenters. The van der Waals surface area contributed by atoms with E-state index in [1.54, 1.807) is 23.3 Å². The Hall–Kier alpha value is -2.67. The predicted octanol–water partition coefficient (Wildman–Crippen LogP) is 5.10. The van der Waals surface area contributed by atoms with Crippen LogP contribution >= 0.6 is 0 Å². The number of rotatable bonds is 2. The lowest BCUT2D eigenvalue weighted by atomic mass is 9.86. The maximum Gasteiger partial charge on any atom is 0.400 e. The van der Waals surface area contributed by atoms with Gasteiger partial charge in [0.2, 0.25) is 6.29 Å². The van der Waals surface area contributed by atoms with Crippen LogP contribution in [0.15, 0.2) is 73.0 Å². The molecule has 0 radical (unpaired) electrons. The summed E-state index contributed by atoms with van der Waals surface area (Å²) in [5.41, 5.74) is 3.17. The third-order valence-electron chi connectivity index (χ3n) is 5.14. The zero-order valence-electron chi connectivity index (χ0n) is 15.8. The van der Waals surface area contributed by atoms with Crippen LogP contribution in [0, 0.1) is 0 Å². The Morgan fingerprint density at radius 1 is 0.897 bits per heavy atom. The van der Waals surface area contributed by atoms with Crippen molar-refractivity contribution in [3.63, 3.8) is 0 Å². The van der Waals surface area contributed by atoms with E-state index < -0.39 is 16.7 Å². The molecule has 150 valence electrons. The molecule has 0 spiro atoms. The SMILES string of the molecule is O=S(=O)(O)OC1C=CC=CO1.c1ccc2c(c1)ccc1c3c(ccc12)CCCC3. The molecule has 5 rings (SSSR count). The second kappa shape index (κ2) is 8.37. The standard InChI is InChI=1S/C18H16.C5H6O5S/c1-3-7-15-13(5-1)9-11-18-16-8-4-2-6-14(16)10-12-17(15)18;6-11(7,8)10-5-3-1-2-4-9-5/h1,3,5,7,9-12H,2,4,6,8H2;1-5H,(H,6,7,8). The van der Waals surface area contributed by atoms with Crippen LogP contribution < -0.4 is 0 Å². The second-order valence-electron chi connectivity index (χ2n) is 7.03. The normalized spacial score (nSPS) is 18.0. The van der Waals surface area contributed by atoms with E-state index in [9.17, 15) is 8.42 Å². The van der Waals surface area contributed by atoms with E-state index in [0.717, 1.165) is 0 Å². The Kier molecular flexibility index (Phi) is 5.67. The smallest absolute Gasteiger partial charge is 0.400 e. The lowest BCUT2D eigenvalue weighted by molar-refractivity contribution is 0.00500. The second-order valence-corrected chi connectivity index (χ2v) is 8.08. The van der Waals surface area contributed by atoms with Gasteiger partial charge >= 0.3 is 10.4 Å². The van der Waals surface area contributed by atoms with Crippen LogP contribution in [0.4, 0.5) is 0 Å². The van der Waals surface area contributed by atoms with Gasteiger partial charge in [-0.2, -0.15) is 8.42 Å². The summed E-state index contributed by atoms with van der Waals surface area (Å²) in [5, 5.41) is 5.64. The first-order chi connectivity index (χ1) is 14.0. The highest BCUT2D eigenvalue weighted by atomic mass is 32.3. The fourth-order valence-corrected chi connectivity index (χ4v) is 4.23. The average Bonchev–Trinajstić information content (AvgIpc) is 2.73. The van der Waals surface area contributed by atoms with Crippen LogP contribution in [0.3, 0.4) is 0 Å². The molecule has 1 atom stereocenters. The van der Waals surface area contributed by atoms with Crippen molar-refractivity contribution >= 4 is 31.9 Å². The summed E-state index contributed by atoms with van der Waals surface area (Å²) in [4.78, 5) is 0. The first kappa shape index (κ1) is 19.6. The minimum Gasteiger partial charge on any atom is -0.468 e. The number of aryl methyl sites for hydroxylation is 2. The van der Waals surface area contributed by atoms with E-state index in [4.69, 9.17) is 4.55 Å². The van der Waals surface area contributed by atoms with Crippen molar-refractivity contribution in [3.05, 3.63) is 84.1 Å². The first-order valence-corrected chi connectivity index (χ1v) is 10.9. The van der Waals surface area contributed by atoms with Gasteiger partial charge in [0.05, 0.1) is 6.26 Å². The van der Waals surface area contributed by atoms with Gasteiger partial charge < -0.3 is 4.74 Å². The molecule has 0 fully saturated rings. The van der Waals surface area contributed by atoms with Crippen molar-refractivity contribution in [2.24, 2.45) is 0 Å². The van der Waals surface area contributed by atoms with Crippen molar-refractivity contribution in [1.82, 2.24) is 0 Å². The summed E-state index contributed by atoms with van der Waals surface area (Å²) in [6, 6.07) is 18.0. The highest BCUT2D eigenvalue weighted by Gasteiger charge is 2.15. The summed E-state index contributed by atoms with van der Waals surface area (Å²) in [6.07, 6.45) is 9.86. The van der Waals surface area contributed by atoms with Crippen molar-refractivity contribution in [3.8, 4) is 0 Å². The van der Waals surface area contributed by atoms with Crippen LogP contribution in [-0.2, 0) is 32.2 Å². The van der Waals surface area contributed by atoms with Crippen LogP contribution in [0.1, 0.15) is 24.0 Å². The lowest BCUT2D eigenvalue weighted by Crippen LogP contribution is -2.17. The largest absolute Gasteiger partial charge is 0.468 e. The van der Waals surface area contributed by atoms with E-state index in [2.05, 4.69) is 57.5 Å². The lowest BCUT2D eigenvalue weighted by Gasteiger charge is -2.18. The van der Waals surface area contributed by atoms with Gasteiger partial charge in [-0.25, -0.2) is 4.18 Å². The van der Waals surface area contributed by atoms with Gasteiger partial charge in [0.15, 0.2) is 0 Å². The van der Waals surface area contributed by atoms with Crippen molar-refractivity contribution in [1.29, 1.82) is 0 Å². The topological polar surface area (TPSA) is 72.8 Å². The molecular weight excluding hydrogens is 388 g/mol. The quantitative estimate of drug-likeness (QED) is 0.470. The molecule has 1 heterocycles. The maximum atomic E-state index is 10.1. The zero-order chi connectivity index (χ0) is 20.3. The van der Waals surface area contributed by atoms with Crippen LogP contribution in [0.2, 0.25) is 0 Å². The Morgan fingerprint density at radius 2 is 1.69 bits per heavy atom. The monoisotopic (exact) mass is 410 g/mol. The minimum atomic E-state index is -4.43. The van der Waals surface area contributed by atoms with E-state index >= 15 is 0 Å². The molecular formula is C23H22O5S. The highest BCUT2D eigenvalue weighted by molar-refractivity contribution is 7.80. The molecule has 6 heteroatoms. The third-order valence-corrected chi connectivity index (χ3v) is 5.58. The summed E-state index contributed by atoms with van der Waals surface area (Å²) in [7, 11) is -4.43. The van der Waals surface area contributed by atoms with Crippen molar-refractivity contribution in [2.45, 2.75) is 32.0 Å². The number of hydrogen-bond donors (Lipinski definition) is 1. The Labute approximate surface area is 170 Å². The summed E-state index contributed by atoms with van der Waals surface area (Å²) < 4.78 is 37.0. The van der Waals surface area contributed by atoms with Gasteiger partial charge in [0, 0.05) is 0 Å². The Balaban J connectivity index is 0.000000161. The van der Waals surface area contributed by atoms with Gasteiger partial charge in [-0.05, 0) is 70.5 Å². The molecule has 0 saturated heterocycles. The number of fused-ring (bicyclic) bond motifs is 5. The fraction of sp³-hybridized carbons (Fsp3) is 0.217. The van der Waals surface area contributed by atoms with Gasteiger partial charge in [0.25, 0.3) is 0 Å². The molecule has 0 saturated carbocycles. The Morgan fingerprint density at radius 3 is 2.48 bits per heavy atom. The van der Waals surface area contributed by atoms with E-state index in [1.807, 2.05) is 0 Å². The average molecular weight is 410 g/mol. The van der Waals surface area contributed by atoms with Crippen LogP contribution in [0.25, 0.3) is 21.5 Å². The van der Waals surface area contributed by atoms with Crippen molar-refractivity contribution in [2.75, 3.05) is 0 Å². The van der Waals surface area contributed by atoms with Crippen LogP contribution in [0.5, 0.6) is 0 Å². The molecule has 1 aliphatic carbocycles. The molecule has 0 bridgehead atoms. The molecule has 29 heavy (non-hydrogen) atoms. The maximum absolute atomic E-state index is 10.1. The zero-order valence-corrected chi connectivity index (χ0v) is 16.6. The number of ether oxygens (including phenoxy) is 1. The molecule has 0 amide bonds. The van der Waals surface area contributed by atoms with E-state index in [1.165, 1.54) is 59.6 Å². The summed E-state index contributed by atoms with van der Waals surface area (Å²) >= 11 is 0. The molecule has 1 N–H and O–H groups in total. The van der Waals surface area contributed by atoms with Crippen LogP contribution in [-0.4, -0.2) is 19.3 Å². The van der Waals surface area contributed by atoms with E-state index in [-0.39, 0.29) is 0 Å². The summed E-state index contributed by atoms with van der Waals surface area (Å²) in [5.74, 6) is 0. The molecule has 3 aromatic carbocycles. The van der Waals surface area contributed by atoms with E-state index in [0.29, 0.717) is 0 Å². The third kappa shape index (κ3) is 4.67. The molecule has 1 aliphatic heterocycles. The van der Waals surface area contributed by atoms with Gasteiger partial charge in [-0.15, -0.1) is 0 Å². The molecule has 5 nitrogen and oxygen atoms in total. The first-order valence-electron chi connectivity index (χ1n) is 9.58. The number of benzene rings is 3. The van der Waals surface area contributed by atoms with Crippen molar-refractivity contribution < 1.29 is 21.9 Å². The molecule has 3 aromatic rings. The van der Waals surface area contributed by atoms with Gasteiger partial charge in [-0.1, -0.05) is 54.6 Å². The Bertz CT molecular complexity index is 1190. The highest BCUT2D eigenvalue weighted by Crippen LogP contribution is 2.33. The molecule has 2 aliphatic rings. The predicted molar refractivity (Wildman–Crippen MR) is 114 cm³/mol. The number of hydrogen-bond acceptors (Lipinski definition) is 4. The van der Waals surface area contributed by atoms with Gasteiger partial charge in [-0.3, -0.25) is 4.55 Å². The molecule has 0 aromatic heterocycles.